The predicted molar refractivity (Wildman–Crippen MR) is 60.7 cm³/mol. The van der Waals surface area contributed by atoms with Crippen molar-refractivity contribution < 1.29 is 24.1 Å². The van der Waals surface area contributed by atoms with Crippen LogP contribution in [0.3, 0.4) is 0 Å². The SMILES string of the molecule is CCOC(=O)OCOCNc1ccc(O)cc1. The molecule has 6 heteroatoms. The molecule has 0 heterocycles. The molecule has 1 rings (SSSR count). The molecule has 0 aliphatic heterocycles. The summed E-state index contributed by atoms with van der Waals surface area (Å²) < 4.78 is 14.1. The number of anilines is 1. The van der Waals surface area contributed by atoms with Gasteiger partial charge in [-0.25, -0.2) is 4.79 Å². The Balaban J connectivity index is 2.08. The van der Waals surface area contributed by atoms with Crippen LogP contribution in [0.1, 0.15) is 6.92 Å². The molecule has 0 fully saturated rings. The molecule has 0 saturated heterocycles. The van der Waals surface area contributed by atoms with Gasteiger partial charge in [-0.15, -0.1) is 0 Å². The van der Waals surface area contributed by atoms with Gasteiger partial charge in [0.2, 0.25) is 0 Å². The Labute approximate surface area is 99.1 Å². The molecule has 0 saturated carbocycles. The highest BCUT2D eigenvalue weighted by Gasteiger charge is 2.00. The average Bonchev–Trinajstić information content (AvgIpc) is 2.31. The standard InChI is InChI=1S/C11H15NO5/c1-2-16-11(14)17-8-15-7-12-9-3-5-10(13)6-4-9/h3-6,12-13H,2,7-8H2,1H3. The number of benzene rings is 1. The van der Waals surface area contributed by atoms with Crippen molar-refractivity contribution in [2.45, 2.75) is 6.92 Å². The lowest BCUT2D eigenvalue weighted by atomic mass is 10.3. The zero-order valence-electron chi connectivity index (χ0n) is 9.51. The summed E-state index contributed by atoms with van der Waals surface area (Å²) in [7, 11) is 0. The molecule has 1 aromatic carbocycles. The van der Waals surface area contributed by atoms with Crippen molar-refractivity contribution in [2.24, 2.45) is 0 Å². The predicted octanol–water partition coefficient (Wildman–Crippen LogP) is 1.91. The highest BCUT2D eigenvalue weighted by molar-refractivity contribution is 5.59. The van der Waals surface area contributed by atoms with E-state index >= 15 is 0 Å². The first-order valence-electron chi connectivity index (χ1n) is 5.12. The number of phenols is 1. The summed E-state index contributed by atoms with van der Waals surface area (Å²) in [5.41, 5.74) is 0.791. The monoisotopic (exact) mass is 241 g/mol. The maximum atomic E-state index is 10.7. The van der Waals surface area contributed by atoms with Crippen molar-refractivity contribution in [3.05, 3.63) is 24.3 Å². The first-order valence-corrected chi connectivity index (χ1v) is 5.12. The summed E-state index contributed by atoms with van der Waals surface area (Å²) in [6.45, 7) is 1.97. The number of phenolic OH excluding ortho intramolecular Hbond substituents is 1. The third-order valence-corrected chi connectivity index (χ3v) is 1.77. The number of carbonyl (C=O) groups excluding carboxylic acids is 1. The summed E-state index contributed by atoms with van der Waals surface area (Å²) in [5, 5.41) is 12.0. The third kappa shape index (κ3) is 5.62. The fraction of sp³-hybridized carbons (Fsp3) is 0.364. The van der Waals surface area contributed by atoms with Gasteiger partial charge in [0.05, 0.1) is 6.61 Å². The van der Waals surface area contributed by atoms with Crippen molar-refractivity contribution in [1.29, 1.82) is 0 Å². The maximum absolute atomic E-state index is 10.7. The van der Waals surface area contributed by atoms with Crippen molar-refractivity contribution in [2.75, 3.05) is 25.4 Å². The first kappa shape index (κ1) is 13.1. The van der Waals surface area contributed by atoms with E-state index in [0.29, 0.717) is 0 Å². The molecule has 0 bridgehead atoms. The van der Waals surface area contributed by atoms with E-state index in [1.807, 2.05) is 0 Å². The first-order chi connectivity index (χ1) is 8.22. The van der Waals surface area contributed by atoms with Crippen LogP contribution in [-0.4, -0.2) is 31.4 Å². The van der Waals surface area contributed by atoms with Gasteiger partial charge in [0.1, 0.15) is 12.5 Å². The summed E-state index contributed by atoms with van der Waals surface area (Å²) >= 11 is 0. The normalized spacial score (nSPS) is 9.71. The lowest BCUT2D eigenvalue weighted by molar-refractivity contribution is -0.0382. The van der Waals surface area contributed by atoms with Crippen LogP contribution in [0.2, 0.25) is 0 Å². The van der Waals surface area contributed by atoms with Crippen LogP contribution in [-0.2, 0) is 14.2 Å². The molecule has 0 amide bonds. The Morgan fingerprint density at radius 2 is 2.00 bits per heavy atom. The minimum Gasteiger partial charge on any atom is -0.508 e. The Kier molecular flexibility index (Phi) is 5.67. The fourth-order valence-corrected chi connectivity index (χ4v) is 1.00. The van der Waals surface area contributed by atoms with Crippen LogP contribution in [0, 0.1) is 0 Å². The Hall–Kier alpha value is -1.95. The van der Waals surface area contributed by atoms with Gasteiger partial charge < -0.3 is 24.6 Å². The Bertz CT molecular complexity index is 338. The van der Waals surface area contributed by atoms with Gasteiger partial charge in [-0.1, -0.05) is 0 Å². The van der Waals surface area contributed by atoms with Crippen LogP contribution in [0.4, 0.5) is 10.5 Å². The van der Waals surface area contributed by atoms with E-state index in [0.717, 1.165) is 5.69 Å². The lowest BCUT2D eigenvalue weighted by Gasteiger charge is -2.08. The van der Waals surface area contributed by atoms with E-state index in [4.69, 9.17) is 9.84 Å². The summed E-state index contributed by atoms with van der Waals surface area (Å²) in [4.78, 5) is 10.7. The topological polar surface area (TPSA) is 77.0 Å². The van der Waals surface area contributed by atoms with Gasteiger partial charge in [-0.05, 0) is 31.2 Å². The van der Waals surface area contributed by atoms with E-state index < -0.39 is 6.16 Å². The van der Waals surface area contributed by atoms with Gasteiger partial charge in [0.15, 0.2) is 6.79 Å². The second kappa shape index (κ2) is 7.34. The molecule has 0 aliphatic rings. The molecule has 6 nitrogen and oxygen atoms in total. The van der Waals surface area contributed by atoms with Crippen LogP contribution in [0.25, 0.3) is 0 Å². The molecule has 1 aromatic rings. The summed E-state index contributed by atoms with van der Waals surface area (Å²) in [6.07, 6.45) is -0.753. The smallest absolute Gasteiger partial charge is 0.508 e. The third-order valence-electron chi connectivity index (χ3n) is 1.77. The molecule has 2 N–H and O–H groups in total. The molecule has 94 valence electrons. The molecule has 17 heavy (non-hydrogen) atoms. The Morgan fingerprint density at radius 1 is 1.29 bits per heavy atom. The zero-order valence-corrected chi connectivity index (χ0v) is 9.51. The van der Waals surface area contributed by atoms with E-state index in [1.165, 1.54) is 0 Å². The largest absolute Gasteiger partial charge is 0.510 e. The number of ether oxygens (including phenoxy) is 3. The van der Waals surface area contributed by atoms with Gasteiger partial charge in [-0.3, -0.25) is 0 Å². The lowest BCUT2D eigenvalue weighted by Crippen LogP contribution is -2.13. The van der Waals surface area contributed by atoms with E-state index in [2.05, 4.69) is 14.8 Å². The van der Waals surface area contributed by atoms with E-state index in [9.17, 15) is 4.79 Å². The number of carbonyl (C=O) groups is 1. The molecular weight excluding hydrogens is 226 g/mol. The highest BCUT2D eigenvalue weighted by Crippen LogP contribution is 2.13. The highest BCUT2D eigenvalue weighted by atomic mass is 16.8. The molecule has 0 unspecified atom stereocenters. The quantitative estimate of drug-likeness (QED) is 0.343. The number of hydrogen-bond donors (Lipinski definition) is 2. The van der Waals surface area contributed by atoms with Crippen LogP contribution in [0.15, 0.2) is 24.3 Å². The maximum Gasteiger partial charge on any atom is 0.510 e. The van der Waals surface area contributed by atoms with E-state index in [1.54, 1.807) is 31.2 Å². The minimum atomic E-state index is -0.753. The molecule has 0 atom stereocenters. The van der Waals surface area contributed by atoms with Crippen LogP contribution in [0.5, 0.6) is 5.75 Å². The number of rotatable bonds is 6. The molecule has 0 aromatic heterocycles. The Morgan fingerprint density at radius 3 is 2.65 bits per heavy atom. The van der Waals surface area contributed by atoms with Gasteiger partial charge in [0.25, 0.3) is 0 Å². The minimum absolute atomic E-state index is 0.177. The second-order valence-electron chi connectivity index (χ2n) is 3.02. The van der Waals surface area contributed by atoms with Crippen LogP contribution >= 0.6 is 0 Å². The van der Waals surface area contributed by atoms with Gasteiger partial charge >= 0.3 is 6.16 Å². The molecule has 0 aliphatic carbocycles. The van der Waals surface area contributed by atoms with Crippen molar-refractivity contribution >= 4 is 11.8 Å². The average molecular weight is 241 g/mol. The van der Waals surface area contributed by atoms with Gasteiger partial charge in [-0.2, -0.15) is 0 Å². The zero-order chi connectivity index (χ0) is 12.5. The summed E-state index contributed by atoms with van der Waals surface area (Å²) in [5.74, 6) is 0.196. The number of hydrogen-bond acceptors (Lipinski definition) is 6. The number of nitrogens with one attached hydrogen (secondary N) is 1. The fourth-order valence-electron chi connectivity index (χ4n) is 1.00. The molecular formula is C11H15NO5. The van der Waals surface area contributed by atoms with Crippen LogP contribution < -0.4 is 5.32 Å². The number of aromatic hydroxyl groups is 1. The molecule has 0 radical (unpaired) electrons. The molecule has 0 spiro atoms. The van der Waals surface area contributed by atoms with Gasteiger partial charge in [0, 0.05) is 5.69 Å². The van der Waals surface area contributed by atoms with E-state index in [-0.39, 0.29) is 25.9 Å². The van der Waals surface area contributed by atoms with Crippen molar-refractivity contribution in [3.63, 3.8) is 0 Å². The van der Waals surface area contributed by atoms with Crippen molar-refractivity contribution in [1.82, 2.24) is 0 Å². The second-order valence-corrected chi connectivity index (χ2v) is 3.02. The van der Waals surface area contributed by atoms with Crippen molar-refractivity contribution in [3.8, 4) is 5.75 Å². The summed E-state index contributed by atoms with van der Waals surface area (Å²) in [6, 6.07) is 6.50.